The van der Waals surface area contributed by atoms with Crippen molar-refractivity contribution in [1.29, 1.82) is 0 Å². The van der Waals surface area contributed by atoms with Crippen LogP contribution in [0.3, 0.4) is 0 Å². The minimum absolute atomic E-state index is 0.0638. The molecule has 4 rings (SSSR count). The Morgan fingerprint density at radius 1 is 1.25 bits per heavy atom. The number of halogens is 3. The molecule has 2 aromatic carbocycles. The molecule has 2 aromatic rings. The van der Waals surface area contributed by atoms with Crippen LogP contribution in [0.15, 0.2) is 53.2 Å². The van der Waals surface area contributed by atoms with E-state index in [1.54, 1.807) is 4.90 Å². The van der Waals surface area contributed by atoms with Gasteiger partial charge in [-0.05, 0) is 62.6 Å². The fourth-order valence-electron chi connectivity index (χ4n) is 4.29. The lowest BCUT2D eigenvalue weighted by Gasteiger charge is -2.41. The number of carboxylic acids is 1. The number of fused-ring (bicyclic) bond motifs is 2. The van der Waals surface area contributed by atoms with Crippen LogP contribution in [0, 0.1) is 11.6 Å². The predicted molar refractivity (Wildman–Crippen MR) is 117 cm³/mol. The van der Waals surface area contributed by atoms with Gasteiger partial charge in [0.25, 0.3) is 0 Å². The van der Waals surface area contributed by atoms with E-state index in [-0.39, 0.29) is 29.4 Å². The summed E-state index contributed by atoms with van der Waals surface area (Å²) < 4.78 is 45.4. The molecule has 2 aliphatic rings. The summed E-state index contributed by atoms with van der Waals surface area (Å²) >= 11 is 0. The molecule has 7 heteroatoms. The van der Waals surface area contributed by atoms with E-state index in [0.717, 1.165) is 35.1 Å². The lowest BCUT2D eigenvalue weighted by Crippen LogP contribution is -2.43. The number of hydrogen-bond acceptors (Lipinski definition) is 3. The van der Waals surface area contributed by atoms with Gasteiger partial charge in [0, 0.05) is 17.3 Å². The second-order valence-corrected chi connectivity index (χ2v) is 8.74. The van der Waals surface area contributed by atoms with Gasteiger partial charge in [0.15, 0.2) is 0 Å². The first-order valence-electron chi connectivity index (χ1n) is 10.3. The average Bonchev–Trinajstić information content (AvgIpc) is 3.05. The van der Waals surface area contributed by atoms with Crippen LogP contribution in [-0.4, -0.2) is 34.2 Å². The van der Waals surface area contributed by atoms with Gasteiger partial charge in [-0.15, -0.1) is 0 Å². The van der Waals surface area contributed by atoms with Crippen LogP contribution in [0.5, 0.6) is 0 Å². The van der Waals surface area contributed by atoms with Gasteiger partial charge in [0.1, 0.15) is 17.3 Å². The largest absolute Gasteiger partial charge is 0.478 e. The quantitative estimate of drug-likeness (QED) is 0.714. The van der Waals surface area contributed by atoms with E-state index in [1.165, 1.54) is 13.8 Å². The van der Waals surface area contributed by atoms with Crippen LogP contribution in [0.2, 0.25) is 0 Å². The minimum atomic E-state index is -1.61. The number of alkyl halides is 1. The molecule has 2 aliphatic heterocycles. The van der Waals surface area contributed by atoms with Crippen molar-refractivity contribution in [3.63, 3.8) is 0 Å². The van der Waals surface area contributed by atoms with E-state index in [9.17, 15) is 9.18 Å². The summed E-state index contributed by atoms with van der Waals surface area (Å²) in [7, 11) is 0. The van der Waals surface area contributed by atoms with Gasteiger partial charge in [-0.2, -0.15) is 0 Å². The van der Waals surface area contributed by atoms with Crippen LogP contribution in [-0.2, 0) is 4.79 Å². The van der Waals surface area contributed by atoms with Crippen LogP contribution in [0.4, 0.5) is 13.2 Å². The van der Waals surface area contributed by atoms with Gasteiger partial charge in [-0.1, -0.05) is 18.2 Å². The monoisotopic (exact) mass is 440 g/mol. The van der Waals surface area contributed by atoms with Gasteiger partial charge >= 0.3 is 5.97 Å². The van der Waals surface area contributed by atoms with Crippen molar-refractivity contribution in [3.8, 4) is 0 Å². The van der Waals surface area contributed by atoms with E-state index in [4.69, 9.17) is 5.11 Å². The second kappa shape index (κ2) is 7.97. The van der Waals surface area contributed by atoms with Crippen molar-refractivity contribution in [2.45, 2.75) is 38.9 Å². The minimum Gasteiger partial charge on any atom is -0.478 e. The lowest BCUT2D eigenvalue weighted by atomic mass is 9.90. The number of benzene rings is 2. The van der Waals surface area contributed by atoms with Crippen molar-refractivity contribution < 1.29 is 23.1 Å². The summed E-state index contributed by atoms with van der Waals surface area (Å²) in [4.78, 5) is 17.1. The average molecular weight is 440 g/mol. The SMILES string of the molecule is C[C@@H]1CC2=c3ccccc3=NC2=C(c2c(F)cc(C=CC(=O)O)cc2F)N1CC(C)(C)F. The standard InChI is InChI=1S/C25H23F3N2O2/c1-14-10-17-16-6-4-5-7-20(16)29-23(17)24(30(14)13-25(2,3)28)22-18(26)11-15(12-19(22)27)8-9-21(31)32/h4-9,11-12,14H,10,13H2,1-3H3,(H,31,32)/t14-/m1/s1. The summed E-state index contributed by atoms with van der Waals surface area (Å²) in [6.07, 6.45) is 2.50. The maximum Gasteiger partial charge on any atom is 0.328 e. The molecular formula is C25H23F3N2O2. The van der Waals surface area contributed by atoms with E-state index >= 15 is 8.78 Å². The van der Waals surface area contributed by atoms with Crippen LogP contribution >= 0.6 is 0 Å². The normalized spacial score (nSPS) is 18.1. The molecule has 0 bridgehead atoms. The molecule has 0 unspecified atom stereocenters. The Bertz CT molecular complexity index is 1270. The van der Waals surface area contributed by atoms with Crippen molar-refractivity contribution in [1.82, 2.24) is 4.90 Å². The highest BCUT2D eigenvalue weighted by Gasteiger charge is 2.37. The molecule has 0 aliphatic carbocycles. The van der Waals surface area contributed by atoms with E-state index < -0.39 is 23.3 Å². The Hall–Kier alpha value is -3.35. The van der Waals surface area contributed by atoms with Gasteiger partial charge in [0.05, 0.1) is 28.9 Å². The first-order chi connectivity index (χ1) is 15.0. The third-order valence-corrected chi connectivity index (χ3v) is 5.56. The van der Waals surface area contributed by atoms with Gasteiger partial charge in [-0.3, -0.25) is 0 Å². The molecule has 0 fully saturated rings. The van der Waals surface area contributed by atoms with Crippen molar-refractivity contribution >= 4 is 23.3 Å². The number of rotatable bonds is 5. The van der Waals surface area contributed by atoms with Gasteiger partial charge in [0.2, 0.25) is 0 Å². The summed E-state index contributed by atoms with van der Waals surface area (Å²) in [5.41, 5.74) is -0.291. The summed E-state index contributed by atoms with van der Waals surface area (Å²) in [6, 6.07) is 9.42. The first-order valence-corrected chi connectivity index (χ1v) is 10.3. The zero-order chi connectivity index (χ0) is 23.2. The molecule has 2 heterocycles. The zero-order valence-electron chi connectivity index (χ0n) is 18.0. The molecule has 0 spiro atoms. The Balaban J connectivity index is 1.98. The van der Waals surface area contributed by atoms with E-state index in [0.29, 0.717) is 17.5 Å². The molecule has 1 atom stereocenters. The van der Waals surface area contributed by atoms with Crippen molar-refractivity contribution in [2.75, 3.05) is 6.54 Å². The van der Waals surface area contributed by atoms with Crippen molar-refractivity contribution in [2.24, 2.45) is 4.99 Å². The van der Waals surface area contributed by atoms with Gasteiger partial charge in [-0.25, -0.2) is 23.0 Å². The van der Waals surface area contributed by atoms with Crippen LogP contribution in [0.25, 0.3) is 17.3 Å². The Labute approximate surface area is 183 Å². The molecule has 0 amide bonds. The molecule has 0 radical (unpaired) electrons. The maximum absolute atomic E-state index is 15.3. The van der Waals surface area contributed by atoms with Crippen LogP contribution in [0.1, 0.15) is 38.3 Å². The number of allylic oxidation sites excluding steroid dienone is 1. The number of hydrogen-bond donors (Lipinski definition) is 1. The summed E-state index contributed by atoms with van der Waals surface area (Å²) in [5.74, 6) is -2.95. The predicted octanol–water partition coefficient (Wildman–Crippen LogP) is 4.06. The smallest absolute Gasteiger partial charge is 0.328 e. The molecule has 0 saturated heterocycles. The lowest BCUT2D eigenvalue weighted by molar-refractivity contribution is -0.131. The summed E-state index contributed by atoms with van der Waals surface area (Å²) in [6.45, 7) is 4.69. The molecule has 32 heavy (non-hydrogen) atoms. The maximum atomic E-state index is 15.3. The number of para-hydroxylation sites is 1. The van der Waals surface area contributed by atoms with Gasteiger partial charge < -0.3 is 10.0 Å². The fourth-order valence-corrected chi connectivity index (χ4v) is 4.29. The molecular weight excluding hydrogens is 417 g/mol. The fraction of sp³-hybridized carbons (Fsp3) is 0.280. The zero-order valence-corrected chi connectivity index (χ0v) is 18.0. The Morgan fingerprint density at radius 3 is 2.53 bits per heavy atom. The molecule has 4 nitrogen and oxygen atoms in total. The third-order valence-electron chi connectivity index (χ3n) is 5.56. The highest BCUT2D eigenvalue weighted by Crippen LogP contribution is 2.41. The van der Waals surface area contributed by atoms with E-state index in [2.05, 4.69) is 4.99 Å². The molecule has 166 valence electrons. The van der Waals surface area contributed by atoms with Crippen molar-refractivity contribution in [3.05, 3.63) is 81.5 Å². The number of carbonyl (C=O) groups is 1. The second-order valence-electron chi connectivity index (χ2n) is 8.74. The third kappa shape index (κ3) is 4.07. The number of aliphatic carboxylic acids is 1. The number of nitrogens with zero attached hydrogens (tertiary/aromatic N) is 2. The molecule has 0 aromatic heterocycles. The topological polar surface area (TPSA) is 52.9 Å². The Morgan fingerprint density at radius 2 is 1.91 bits per heavy atom. The molecule has 0 saturated carbocycles. The number of carboxylic acid groups (broad SMARTS) is 1. The van der Waals surface area contributed by atoms with E-state index in [1.807, 2.05) is 31.2 Å². The highest BCUT2D eigenvalue weighted by atomic mass is 19.1. The Kier molecular flexibility index (Phi) is 5.44. The first kappa shape index (κ1) is 21.9. The summed E-state index contributed by atoms with van der Waals surface area (Å²) in [5, 5.41) is 10.4. The highest BCUT2D eigenvalue weighted by molar-refractivity contribution is 5.87. The molecule has 1 N–H and O–H groups in total. The van der Waals surface area contributed by atoms with Crippen LogP contribution < -0.4 is 10.6 Å².